The zero-order valence-electron chi connectivity index (χ0n) is 17.5. The van der Waals surface area contributed by atoms with Gasteiger partial charge in [0.2, 0.25) is 5.60 Å². The first-order valence-corrected chi connectivity index (χ1v) is 10.2. The molecule has 0 bridgehead atoms. The molecule has 0 saturated carbocycles. The number of nitrogens with zero attached hydrogens (tertiary/aromatic N) is 3. The molecule has 170 valence electrons. The normalized spacial score (nSPS) is 13.8. The molecule has 3 N–H and O–H groups in total. The van der Waals surface area contributed by atoms with Crippen LogP contribution in [0.4, 0.5) is 13.2 Å². The molecule has 0 aliphatic rings. The highest BCUT2D eigenvalue weighted by Gasteiger charge is 2.58. The van der Waals surface area contributed by atoms with Gasteiger partial charge >= 0.3 is 6.18 Å². The maximum Gasteiger partial charge on any atom is 0.425 e. The summed E-state index contributed by atoms with van der Waals surface area (Å²) in [6, 6.07) is 18.9. The van der Waals surface area contributed by atoms with Crippen molar-refractivity contribution in [3.63, 3.8) is 0 Å². The standard InChI is InChI=1S/C25H17F3N4O2/c26-25(27,28)24(34,22-18-8-4-5-9-20(18)30-14-19(22)23(29)33)16-10-11-21-15(12-16)13-31-32(21)17-6-2-1-3-7-17/h1-14,34H,(H2,29,33). The van der Waals surface area contributed by atoms with Crippen molar-refractivity contribution in [2.75, 3.05) is 0 Å². The summed E-state index contributed by atoms with van der Waals surface area (Å²) in [5, 5.41) is 16.1. The van der Waals surface area contributed by atoms with Gasteiger partial charge in [0.1, 0.15) is 0 Å². The summed E-state index contributed by atoms with van der Waals surface area (Å²) in [4.78, 5) is 16.2. The van der Waals surface area contributed by atoms with E-state index in [4.69, 9.17) is 5.73 Å². The quantitative estimate of drug-likeness (QED) is 0.412. The van der Waals surface area contributed by atoms with Crippen molar-refractivity contribution >= 4 is 27.7 Å². The van der Waals surface area contributed by atoms with E-state index in [9.17, 15) is 23.1 Å². The molecule has 2 aromatic heterocycles. The Morgan fingerprint density at radius 1 is 0.941 bits per heavy atom. The number of hydrogen-bond acceptors (Lipinski definition) is 4. The lowest BCUT2D eigenvalue weighted by atomic mass is 9.80. The third-order valence-corrected chi connectivity index (χ3v) is 5.80. The number of alkyl halides is 3. The van der Waals surface area contributed by atoms with E-state index in [0.29, 0.717) is 10.9 Å². The third kappa shape index (κ3) is 3.20. The van der Waals surface area contributed by atoms with Crippen molar-refractivity contribution in [3.05, 3.63) is 102 Å². The minimum absolute atomic E-state index is 0.0290. The Morgan fingerprint density at radius 2 is 1.65 bits per heavy atom. The van der Waals surface area contributed by atoms with Gasteiger partial charge in [-0.2, -0.15) is 18.3 Å². The van der Waals surface area contributed by atoms with Crippen LogP contribution in [0, 0.1) is 0 Å². The number of fused-ring (bicyclic) bond motifs is 2. The lowest BCUT2D eigenvalue weighted by molar-refractivity contribution is -0.247. The summed E-state index contributed by atoms with van der Waals surface area (Å²) in [6.45, 7) is 0. The van der Waals surface area contributed by atoms with E-state index in [1.54, 1.807) is 10.7 Å². The first-order chi connectivity index (χ1) is 16.2. The van der Waals surface area contributed by atoms with Gasteiger partial charge in [-0.05, 0) is 35.9 Å². The van der Waals surface area contributed by atoms with E-state index in [0.717, 1.165) is 11.9 Å². The van der Waals surface area contributed by atoms with Crippen LogP contribution in [0.3, 0.4) is 0 Å². The van der Waals surface area contributed by atoms with Gasteiger partial charge < -0.3 is 10.8 Å². The topological polar surface area (TPSA) is 94.0 Å². The molecule has 0 saturated heterocycles. The van der Waals surface area contributed by atoms with Crippen LogP contribution in [-0.2, 0) is 5.60 Å². The van der Waals surface area contributed by atoms with Crippen molar-refractivity contribution in [2.45, 2.75) is 11.8 Å². The fourth-order valence-corrected chi connectivity index (χ4v) is 4.20. The van der Waals surface area contributed by atoms with Gasteiger partial charge in [-0.1, -0.05) is 42.5 Å². The number of primary amides is 1. The number of aliphatic hydroxyl groups is 1. The van der Waals surface area contributed by atoms with Gasteiger partial charge in [-0.25, -0.2) is 4.68 Å². The fraction of sp³-hybridized carbons (Fsp3) is 0.0800. The zero-order valence-corrected chi connectivity index (χ0v) is 17.5. The Kier molecular flexibility index (Phi) is 4.87. The number of aromatic nitrogens is 3. The van der Waals surface area contributed by atoms with Crippen molar-refractivity contribution in [1.29, 1.82) is 0 Å². The van der Waals surface area contributed by atoms with Gasteiger partial charge in [-0.15, -0.1) is 0 Å². The Balaban J connectivity index is 1.80. The van der Waals surface area contributed by atoms with E-state index in [-0.39, 0.29) is 10.9 Å². The fourth-order valence-electron chi connectivity index (χ4n) is 4.20. The van der Waals surface area contributed by atoms with Crippen molar-refractivity contribution in [3.8, 4) is 5.69 Å². The smallest absolute Gasteiger partial charge is 0.372 e. The highest BCUT2D eigenvalue weighted by molar-refractivity contribution is 6.00. The van der Waals surface area contributed by atoms with Crippen molar-refractivity contribution < 1.29 is 23.1 Å². The lowest BCUT2D eigenvalue weighted by Crippen LogP contribution is -2.45. The number of amides is 1. The molecule has 3 aromatic carbocycles. The second-order valence-corrected chi connectivity index (χ2v) is 7.80. The molecule has 1 unspecified atom stereocenters. The van der Waals surface area contributed by atoms with E-state index in [1.165, 1.54) is 42.6 Å². The number of pyridine rings is 1. The molecule has 1 atom stereocenters. The zero-order chi connectivity index (χ0) is 24.1. The average Bonchev–Trinajstić information content (AvgIpc) is 3.26. The predicted molar refractivity (Wildman–Crippen MR) is 120 cm³/mol. The monoisotopic (exact) mass is 462 g/mol. The molecule has 0 spiro atoms. The molecule has 6 nitrogen and oxygen atoms in total. The van der Waals surface area contributed by atoms with Gasteiger partial charge in [0, 0.05) is 22.5 Å². The van der Waals surface area contributed by atoms with Gasteiger partial charge in [0.25, 0.3) is 5.91 Å². The molecule has 1 amide bonds. The molecule has 5 aromatic rings. The van der Waals surface area contributed by atoms with Crippen LogP contribution in [0.15, 0.2) is 85.2 Å². The van der Waals surface area contributed by atoms with Crippen molar-refractivity contribution in [2.24, 2.45) is 5.73 Å². The molecule has 0 radical (unpaired) electrons. The Morgan fingerprint density at radius 3 is 2.35 bits per heavy atom. The molecular weight excluding hydrogens is 445 g/mol. The summed E-state index contributed by atoms with van der Waals surface area (Å²) in [5.74, 6) is -1.13. The minimum Gasteiger partial charge on any atom is -0.372 e. The number of hydrogen-bond donors (Lipinski definition) is 2. The largest absolute Gasteiger partial charge is 0.425 e. The first kappa shape index (κ1) is 21.6. The molecule has 0 fully saturated rings. The van der Waals surface area contributed by atoms with E-state index < -0.39 is 34.4 Å². The summed E-state index contributed by atoms with van der Waals surface area (Å²) < 4.78 is 45.6. The highest BCUT2D eigenvalue weighted by Crippen LogP contribution is 2.48. The van der Waals surface area contributed by atoms with E-state index in [2.05, 4.69) is 10.1 Å². The SMILES string of the molecule is NC(=O)c1cnc2ccccc2c1C(O)(c1ccc2c(cnn2-c2ccccc2)c1)C(F)(F)F. The Hall–Kier alpha value is -4.24. The summed E-state index contributed by atoms with van der Waals surface area (Å²) >= 11 is 0. The molecule has 5 rings (SSSR count). The van der Waals surface area contributed by atoms with Gasteiger partial charge in [-0.3, -0.25) is 9.78 Å². The number of nitrogens with two attached hydrogens (primary N) is 1. The van der Waals surface area contributed by atoms with E-state index >= 15 is 0 Å². The minimum atomic E-state index is -5.19. The average molecular weight is 462 g/mol. The summed E-state index contributed by atoms with van der Waals surface area (Å²) in [7, 11) is 0. The van der Waals surface area contributed by atoms with Crippen LogP contribution >= 0.6 is 0 Å². The van der Waals surface area contributed by atoms with Gasteiger partial charge in [0.05, 0.1) is 28.5 Å². The van der Waals surface area contributed by atoms with Crippen LogP contribution < -0.4 is 5.73 Å². The number of halogens is 3. The van der Waals surface area contributed by atoms with Crippen LogP contribution in [0.5, 0.6) is 0 Å². The molecular formula is C25H17F3N4O2. The third-order valence-electron chi connectivity index (χ3n) is 5.80. The number of carbonyl (C=O) groups excluding carboxylic acids is 1. The number of benzene rings is 3. The van der Waals surface area contributed by atoms with Crippen LogP contribution in [0.25, 0.3) is 27.5 Å². The molecule has 34 heavy (non-hydrogen) atoms. The van der Waals surface area contributed by atoms with Gasteiger partial charge in [0.15, 0.2) is 0 Å². The van der Waals surface area contributed by atoms with E-state index in [1.807, 2.05) is 30.3 Å². The second kappa shape index (κ2) is 7.67. The summed E-state index contributed by atoms with van der Waals surface area (Å²) in [6.07, 6.45) is -2.81. The second-order valence-electron chi connectivity index (χ2n) is 7.80. The summed E-state index contributed by atoms with van der Waals surface area (Å²) in [5.41, 5.74) is 1.69. The predicted octanol–water partition coefficient (Wildman–Crippen LogP) is 4.47. The maximum atomic E-state index is 14.7. The Labute approximate surface area is 191 Å². The number of carbonyl (C=O) groups is 1. The van der Waals surface area contributed by atoms with Crippen LogP contribution in [0.1, 0.15) is 21.5 Å². The number of rotatable bonds is 4. The number of para-hydroxylation sites is 2. The maximum absolute atomic E-state index is 14.7. The molecule has 2 heterocycles. The first-order valence-electron chi connectivity index (χ1n) is 10.2. The lowest BCUT2D eigenvalue weighted by Gasteiger charge is -2.33. The van der Waals surface area contributed by atoms with Crippen LogP contribution in [0.2, 0.25) is 0 Å². The highest BCUT2D eigenvalue weighted by atomic mass is 19.4. The molecule has 9 heteroatoms. The van der Waals surface area contributed by atoms with Crippen molar-refractivity contribution in [1.82, 2.24) is 14.8 Å². The molecule has 0 aliphatic heterocycles. The Bertz CT molecular complexity index is 1550. The van der Waals surface area contributed by atoms with Crippen LogP contribution in [-0.4, -0.2) is 32.0 Å². The molecule has 0 aliphatic carbocycles.